The van der Waals surface area contributed by atoms with Crippen LogP contribution in [-0.4, -0.2) is 20.3 Å². The van der Waals surface area contributed by atoms with E-state index in [2.05, 4.69) is 5.32 Å². The van der Waals surface area contributed by atoms with Crippen LogP contribution in [0.15, 0.2) is 18.2 Å². The highest BCUT2D eigenvalue weighted by molar-refractivity contribution is 5.21. The topological polar surface area (TPSA) is 21.3 Å². The molecule has 4 heteroatoms. The van der Waals surface area contributed by atoms with E-state index in [1.54, 1.807) is 13.1 Å². The van der Waals surface area contributed by atoms with E-state index in [1.807, 2.05) is 6.92 Å². The molecule has 1 aromatic rings. The number of benzene rings is 1. The second kappa shape index (κ2) is 5.78. The van der Waals surface area contributed by atoms with E-state index in [0.717, 1.165) is 6.07 Å². The number of halogens is 2. The van der Waals surface area contributed by atoms with Gasteiger partial charge in [0.15, 0.2) is 11.6 Å². The van der Waals surface area contributed by atoms with E-state index in [-0.39, 0.29) is 6.04 Å². The van der Waals surface area contributed by atoms with Crippen molar-refractivity contribution in [3.05, 3.63) is 35.4 Å². The van der Waals surface area contributed by atoms with Crippen LogP contribution in [0.2, 0.25) is 0 Å². The molecule has 0 saturated heterocycles. The molecule has 0 fully saturated rings. The lowest BCUT2D eigenvalue weighted by Gasteiger charge is -2.16. The Morgan fingerprint density at radius 2 is 2.07 bits per heavy atom. The summed E-state index contributed by atoms with van der Waals surface area (Å²) in [4.78, 5) is 0. The Morgan fingerprint density at radius 3 is 2.60 bits per heavy atom. The Bertz CT molecular complexity index is 317. The molecule has 0 aliphatic heterocycles. The third-order valence-electron chi connectivity index (χ3n) is 2.18. The lowest BCUT2D eigenvalue weighted by molar-refractivity contribution is 0.125. The van der Waals surface area contributed by atoms with Crippen LogP contribution in [0.3, 0.4) is 0 Å². The maximum atomic E-state index is 13.0. The first-order valence-electron chi connectivity index (χ1n) is 4.89. The molecule has 0 aliphatic carbocycles. The van der Waals surface area contributed by atoms with Crippen molar-refractivity contribution in [3.8, 4) is 0 Å². The Balaban J connectivity index is 2.78. The fourth-order valence-corrected chi connectivity index (χ4v) is 1.31. The Labute approximate surface area is 88.3 Å². The van der Waals surface area contributed by atoms with Crippen LogP contribution >= 0.6 is 0 Å². The number of rotatable bonds is 5. The molecule has 0 spiro atoms. The summed E-state index contributed by atoms with van der Waals surface area (Å²) in [6.07, 6.45) is 0. The fraction of sp³-hybridized carbons (Fsp3) is 0.455. The van der Waals surface area contributed by atoms with Crippen molar-refractivity contribution < 1.29 is 13.5 Å². The first-order chi connectivity index (χ1) is 7.19. The molecule has 84 valence electrons. The first-order valence-corrected chi connectivity index (χ1v) is 4.89. The molecule has 1 aromatic carbocycles. The van der Waals surface area contributed by atoms with Gasteiger partial charge in [0.05, 0.1) is 12.6 Å². The summed E-state index contributed by atoms with van der Waals surface area (Å²) in [6, 6.07) is 3.76. The van der Waals surface area contributed by atoms with Crippen LogP contribution in [0.1, 0.15) is 18.5 Å². The summed E-state index contributed by atoms with van der Waals surface area (Å²) in [5, 5.41) is 2.99. The largest absolute Gasteiger partial charge is 0.380 e. The maximum absolute atomic E-state index is 13.0. The minimum Gasteiger partial charge on any atom is -0.380 e. The molecule has 1 unspecified atom stereocenters. The van der Waals surface area contributed by atoms with Crippen molar-refractivity contribution in [3.63, 3.8) is 0 Å². The van der Waals surface area contributed by atoms with Crippen molar-refractivity contribution in [2.45, 2.75) is 13.0 Å². The van der Waals surface area contributed by atoms with Gasteiger partial charge in [0, 0.05) is 6.61 Å². The van der Waals surface area contributed by atoms with Gasteiger partial charge in [0.25, 0.3) is 0 Å². The number of ether oxygens (including phenoxy) is 1. The van der Waals surface area contributed by atoms with Gasteiger partial charge >= 0.3 is 0 Å². The van der Waals surface area contributed by atoms with Gasteiger partial charge in [-0.2, -0.15) is 0 Å². The summed E-state index contributed by atoms with van der Waals surface area (Å²) in [5.41, 5.74) is 0.685. The normalized spacial score (nSPS) is 12.8. The number of nitrogens with one attached hydrogen (secondary N) is 1. The van der Waals surface area contributed by atoms with Gasteiger partial charge in [0.1, 0.15) is 0 Å². The molecule has 0 amide bonds. The summed E-state index contributed by atoms with van der Waals surface area (Å²) < 4.78 is 30.9. The summed E-state index contributed by atoms with van der Waals surface area (Å²) in [6.45, 7) is 2.93. The highest BCUT2D eigenvalue weighted by Gasteiger charge is 2.11. The number of hydrogen-bond donors (Lipinski definition) is 1. The number of likely N-dealkylation sites (N-methyl/N-ethyl adjacent to an activating group) is 1. The van der Waals surface area contributed by atoms with Crippen molar-refractivity contribution in [2.24, 2.45) is 0 Å². The van der Waals surface area contributed by atoms with Gasteiger partial charge in [-0.3, -0.25) is 0 Å². The molecule has 0 aromatic heterocycles. The first kappa shape index (κ1) is 12.1. The van der Waals surface area contributed by atoms with E-state index in [0.29, 0.717) is 18.8 Å². The predicted octanol–water partition coefficient (Wildman–Crippen LogP) is 2.26. The summed E-state index contributed by atoms with van der Waals surface area (Å²) >= 11 is 0. The van der Waals surface area contributed by atoms with Gasteiger partial charge in [-0.25, -0.2) is 8.78 Å². The van der Waals surface area contributed by atoms with Gasteiger partial charge in [-0.1, -0.05) is 6.07 Å². The van der Waals surface area contributed by atoms with Gasteiger partial charge in [-0.15, -0.1) is 0 Å². The van der Waals surface area contributed by atoms with E-state index >= 15 is 0 Å². The molecule has 0 radical (unpaired) electrons. The van der Waals surface area contributed by atoms with Crippen LogP contribution in [0, 0.1) is 11.6 Å². The Kier molecular flexibility index (Phi) is 4.65. The van der Waals surface area contributed by atoms with Crippen molar-refractivity contribution >= 4 is 0 Å². The minimum atomic E-state index is -0.829. The zero-order valence-corrected chi connectivity index (χ0v) is 8.89. The SMILES string of the molecule is CCOCC(NC)c1ccc(F)c(F)c1. The second-order valence-electron chi connectivity index (χ2n) is 3.17. The smallest absolute Gasteiger partial charge is 0.159 e. The molecule has 2 nitrogen and oxygen atoms in total. The van der Waals surface area contributed by atoms with Crippen LogP contribution in [0.5, 0.6) is 0 Å². The monoisotopic (exact) mass is 215 g/mol. The molecule has 0 aliphatic rings. The van der Waals surface area contributed by atoms with Gasteiger partial charge < -0.3 is 10.1 Å². The molecule has 1 N–H and O–H groups in total. The molecular weight excluding hydrogens is 200 g/mol. The molecule has 0 heterocycles. The zero-order chi connectivity index (χ0) is 11.3. The molecule has 0 saturated carbocycles. The van der Waals surface area contributed by atoms with Crippen LogP contribution in [0.25, 0.3) is 0 Å². The zero-order valence-electron chi connectivity index (χ0n) is 8.89. The lowest BCUT2D eigenvalue weighted by atomic mass is 10.1. The van der Waals surface area contributed by atoms with E-state index < -0.39 is 11.6 Å². The Hall–Kier alpha value is -1.00. The highest BCUT2D eigenvalue weighted by atomic mass is 19.2. The van der Waals surface area contributed by atoms with E-state index in [9.17, 15) is 8.78 Å². The average molecular weight is 215 g/mol. The van der Waals surface area contributed by atoms with Crippen LogP contribution in [-0.2, 0) is 4.74 Å². The van der Waals surface area contributed by atoms with Crippen LogP contribution < -0.4 is 5.32 Å². The van der Waals surface area contributed by atoms with Gasteiger partial charge in [-0.05, 0) is 31.7 Å². The third-order valence-corrected chi connectivity index (χ3v) is 2.18. The standard InChI is InChI=1S/C11H15F2NO/c1-3-15-7-11(14-2)8-4-5-9(12)10(13)6-8/h4-6,11,14H,3,7H2,1-2H3. The Morgan fingerprint density at radius 1 is 1.33 bits per heavy atom. The molecule has 1 atom stereocenters. The number of hydrogen-bond acceptors (Lipinski definition) is 2. The molecule has 0 bridgehead atoms. The van der Waals surface area contributed by atoms with Crippen molar-refractivity contribution in [1.29, 1.82) is 0 Å². The molecule has 1 rings (SSSR count). The predicted molar refractivity (Wildman–Crippen MR) is 54.7 cm³/mol. The summed E-state index contributed by atoms with van der Waals surface area (Å²) in [7, 11) is 1.75. The van der Waals surface area contributed by atoms with E-state index in [4.69, 9.17) is 4.74 Å². The van der Waals surface area contributed by atoms with Crippen molar-refractivity contribution in [2.75, 3.05) is 20.3 Å². The van der Waals surface area contributed by atoms with Crippen molar-refractivity contribution in [1.82, 2.24) is 5.32 Å². The van der Waals surface area contributed by atoms with Gasteiger partial charge in [0.2, 0.25) is 0 Å². The third kappa shape index (κ3) is 3.25. The quantitative estimate of drug-likeness (QED) is 0.813. The molecular formula is C11H15F2NO. The van der Waals surface area contributed by atoms with Crippen LogP contribution in [0.4, 0.5) is 8.78 Å². The second-order valence-corrected chi connectivity index (χ2v) is 3.17. The average Bonchev–Trinajstić information content (AvgIpc) is 2.24. The molecule has 15 heavy (non-hydrogen) atoms. The maximum Gasteiger partial charge on any atom is 0.159 e. The summed E-state index contributed by atoms with van der Waals surface area (Å²) in [5.74, 6) is -1.66. The van der Waals surface area contributed by atoms with E-state index in [1.165, 1.54) is 6.07 Å². The highest BCUT2D eigenvalue weighted by Crippen LogP contribution is 2.16. The fourth-order valence-electron chi connectivity index (χ4n) is 1.31. The minimum absolute atomic E-state index is 0.111. The lowest BCUT2D eigenvalue weighted by Crippen LogP contribution is -2.22.